The van der Waals surface area contributed by atoms with Crippen LogP contribution in [0, 0.1) is 13.8 Å². The molecule has 2 aromatic rings. The van der Waals surface area contributed by atoms with Crippen LogP contribution in [0.4, 0.5) is 0 Å². The highest BCUT2D eigenvalue weighted by Crippen LogP contribution is 2.31. The van der Waals surface area contributed by atoms with Crippen molar-refractivity contribution in [2.24, 2.45) is 0 Å². The van der Waals surface area contributed by atoms with Crippen LogP contribution >= 0.6 is 0 Å². The van der Waals surface area contributed by atoms with Crippen molar-refractivity contribution in [1.29, 1.82) is 0 Å². The Morgan fingerprint density at radius 3 is 2.83 bits per heavy atom. The molecule has 1 atom stereocenters. The molecule has 0 aliphatic heterocycles. The summed E-state index contributed by atoms with van der Waals surface area (Å²) in [6.45, 7) is 7.89. The fourth-order valence-electron chi connectivity index (χ4n) is 3.50. The monoisotopic (exact) mass is 323 g/mol. The van der Waals surface area contributed by atoms with Crippen molar-refractivity contribution >= 4 is 5.91 Å². The molecule has 1 aromatic heterocycles. The lowest BCUT2D eigenvalue weighted by Gasteiger charge is -2.24. The molecule has 1 amide bonds. The molecule has 0 unspecified atom stereocenters. The number of benzene rings is 1. The highest BCUT2D eigenvalue weighted by molar-refractivity contribution is 5.76. The van der Waals surface area contributed by atoms with E-state index in [0.29, 0.717) is 12.8 Å². The molecule has 1 aliphatic carbocycles. The number of hydrogen-bond acceptors (Lipinski definition) is 2. The zero-order chi connectivity index (χ0) is 17.1. The minimum atomic E-state index is 0.0747. The third kappa shape index (κ3) is 3.42. The molecule has 1 N–H and O–H groups in total. The SMILES string of the molecule is C=CCCC(=O)N[C@H]1CCCc2c1cnn2-c1cc(C)cc(C)c1. The molecule has 0 saturated heterocycles. The smallest absolute Gasteiger partial charge is 0.220 e. The van der Waals surface area contributed by atoms with Crippen molar-refractivity contribution in [2.75, 3.05) is 0 Å². The lowest BCUT2D eigenvalue weighted by molar-refractivity contribution is -0.121. The first-order valence-electron chi connectivity index (χ1n) is 8.64. The van der Waals surface area contributed by atoms with Gasteiger partial charge in [0.25, 0.3) is 0 Å². The van der Waals surface area contributed by atoms with Crippen molar-refractivity contribution in [3.63, 3.8) is 0 Å². The van der Waals surface area contributed by atoms with Gasteiger partial charge in [0.05, 0.1) is 17.9 Å². The number of rotatable bonds is 5. The average Bonchev–Trinajstić information content (AvgIpc) is 2.97. The van der Waals surface area contributed by atoms with Crippen LogP contribution in [-0.4, -0.2) is 15.7 Å². The van der Waals surface area contributed by atoms with Crippen molar-refractivity contribution in [2.45, 2.75) is 52.0 Å². The molecule has 0 saturated carbocycles. The number of nitrogens with one attached hydrogen (secondary N) is 1. The van der Waals surface area contributed by atoms with Gasteiger partial charge in [-0.2, -0.15) is 5.10 Å². The van der Waals surface area contributed by atoms with Crippen LogP contribution in [0.1, 0.15) is 54.1 Å². The average molecular weight is 323 g/mol. The van der Waals surface area contributed by atoms with Gasteiger partial charge < -0.3 is 5.32 Å². The fraction of sp³-hybridized carbons (Fsp3) is 0.400. The molecule has 4 nitrogen and oxygen atoms in total. The van der Waals surface area contributed by atoms with Gasteiger partial charge in [-0.3, -0.25) is 4.79 Å². The maximum Gasteiger partial charge on any atom is 0.220 e. The Kier molecular flexibility index (Phi) is 4.84. The Balaban J connectivity index is 1.87. The largest absolute Gasteiger partial charge is 0.349 e. The van der Waals surface area contributed by atoms with Gasteiger partial charge in [-0.25, -0.2) is 4.68 Å². The van der Waals surface area contributed by atoms with Crippen LogP contribution in [0.15, 0.2) is 37.1 Å². The topological polar surface area (TPSA) is 46.9 Å². The van der Waals surface area contributed by atoms with E-state index in [1.165, 1.54) is 16.8 Å². The number of amides is 1. The third-order valence-corrected chi connectivity index (χ3v) is 4.54. The minimum absolute atomic E-state index is 0.0747. The van der Waals surface area contributed by atoms with Crippen LogP contribution in [0.25, 0.3) is 5.69 Å². The van der Waals surface area contributed by atoms with Gasteiger partial charge in [0, 0.05) is 17.7 Å². The van der Waals surface area contributed by atoms with E-state index in [2.05, 4.69) is 49.0 Å². The Hall–Kier alpha value is -2.36. The quantitative estimate of drug-likeness (QED) is 0.847. The Morgan fingerprint density at radius 1 is 1.38 bits per heavy atom. The van der Waals surface area contributed by atoms with E-state index in [1.807, 2.05) is 10.9 Å². The van der Waals surface area contributed by atoms with Gasteiger partial charge in [-0.05, 0) is 62.8 Å². The summed E-state index contributed by atoms with van der Waals surface area (Å²) in [5.41, 5.74) is 5.96. The second-order valence-corrected chi connectivity index (χ2v) is 6.64. The van der Waals surface area contributed by atoms with E-state index in [-0.39, 0.29) is 11.9 Å². The molecule has 0 radical (unpaired) electrons. The summed E-state index contributed by atoms with van der Waals surface area (Å²) < 4.78 is 2.04. The van der Waals surface area contributed by atoms with Crippen molar-refractivity contribution in [3.8, 4) is 5.69 Å². The molecular formula is C20H25N3O. The summed E-state index contributed by atoms with van der Waals surface area (Å²) in [4.78, 5) is 12.1. The molecule has 1 aromatic carbocycles. The van der Waals surface area contributed by atoms with Crippen LogP contribution < -0.4 is 5.32 Å². The summed E-state index contributed by atoms with van der Waals surface area (Å²) in [7, 11) is 0. The van der Waals surface area contributed by atoms with Crippen molar-refractivity contribution < 1.29 is 4.79 Å². The second-order valence-electron chi connectivity index (χ2n) is 6.64. The molecule has 4 heteroatoms. The molecule has 24 heavy (non-hydrogen) atoms. The van der Waals surface area contributed by atoms with Gasteiger partial charge in [-0.15, -0.1) is 6.58 Å². The maximum absolute atomic E-state index is 12.1. The number of aryl methyl sites for hydroxylation is 2. The Bertz CT molecular complexity index is 740. The summed E-state index contributed by atoms with van der Waals surface area (Å²) >= 11 is 0. The van der Waals surface area contributed by atoms with E-state index >= 15 is 0 Å². The van der Waals surface area contributed by atoms with Crippen LogP contribution in [-0.2, 0) is 11.2 Å². The molecule has 0 bridgehead atoms. The van der Waals surface area contributed by atoms with E-state index < -0.39 is 0 Å². The van der Waals surface area contributed by atoms with E-state index in [4.69, 9.17) is 0 Å². The molecule has 1 aliphatic rings. The number of carbonyl (C=O) groups is 1. The standard InChI is InChI=1S/C20H25N3O/c1-4-5-9-20(24)22-18-7-6-8-19-17(18)13-21-23(19)16-11-14(2)10-15(3)12-16/h4,10-13,18H,1,5-9H2,2-3H3,(H,22,24)/t18-/m0/s1. The molecular weight excluding hydrogens is 298 g/mol. The summed E-state index contributed by atoms with van der Waals surface area (Å²) in [5.74, 6) is 0.0897. The number of hydrogen-bond donors (Lipinski definition) is 1. The minimum Gasteiger partial charge on any atom is -0.349 e. The predicted molar refractivity (Wildman–Crippen MR) is 96.3 cm³/mol. The number of fused-ring (bicyclic) bond motifs is 1. The van der Waals surface area contributed by atoms with E-state index in [9.17, 15) is 4.79 Å². The number of carbonyl (C=O) groups excluding carboxylic acids is 1. The van der Waals surface area contributed by atoms with Crippen molar-refractivity contribution in [1.82, 2.24) is 15.1 Å². The number of nitrogens with zero attached hydrogens (tertiary/aromatic N) is 2. The Morgan fingerprint density at radius 2 is 2.12 bits per heavy atom. The van der Waals surface area contributed by atoms with Gasteiger partial charge in [-0.1, -0.05) is 12.1 Å². The van der Waals surface area contributed by atoms with E-state index in [0.717, 1.165) is 30.5 Å². The predicted octanol–water partition coefficient (Wildman–Crippen LogP) is 3.95. The van der Waals surface area contributed by atoms with Crippen LogP contribution in [0.5, 0.6) is 0 Å². The number of allylic oxidation sites excluding steroid dienone is 1. The van der Waals surface area contributed by atoms with E-state index in [1.54, 1.807) is 6.08 Å². The highest BCUT2D eigenvalue weighted by Gasteiger charge is 2.25. The van der Waals surface area contributed by atoms with Crippen LogP contribution in [0.2, 0.25) is 0 Å². The molecule has 0 fully saturated rings. The zero-order valence-electron chi connectivity index (χ0n) is 14.5. The molecule has 126 valence electrons. The molecule has 0 spiro atoms. The Labute approximate surface area is 143 Å². The summed E-state index contributed by atoms with van der Waals surface area (Å²) in [6, 6.07) is 6.56. The first-order valence-corrected chi connectivity index (χ1v) is 8.64. The zero-order valence-corrected chi connectivity index (χ0v) is 14.5. The molecule has 3 rings (SSSR count). The van der Waals surface area contributed by atoms with Gasteiger partial charge in [0.15, 0.2) is 0 Å². The van der Waals surface area contributed by atoms with Crippen molar-refractivity contribution in [3.05, 3.63) is 59.4 Å². The van der Waals surface area contributed by atoms with Gasteiger partial charge in [0.1, 0.15) is 0 Å². The number of aromatic nitrogens is 2. The third-order valence-electron chi connectivity index (χ3n) is 4.54. The fourth-order valence-corrected chi connectivity index (χ4v) is 3.50. The lowest BCUT2D eigenvalue weighted by atomic mass is 9.92. The van der Waals surface area contributed by atoms with Gasteiger partial charge in [0.2, 0.25) is 5.91 Å². The van der Waals surface area contributed by atoms with Crippen LogP contribution in [0.3, 0.4) is 0 Å². The first kappa shape index (κ1) is 16.5. The highest BCUT2D eigenvalue weighted by atomic mass is 16.1. The maximum atomic E-state index is 12.1. The summed E-state index contributed by atoms with van der Waals surface area (Å²) in [5, 5.41) is 7.78. The lowest BCUT2D eigenvalue weighted by Crippen LogP contribution is -2.30. The van der Waals surface area contributed by atoms with Gasteiger partial charge >= 0.3 is 0 Å². The summed E-state index contributed by atoms with van der Waals surface area (Å²) in [6.07, 6.45) is 7.96. The normalized spacial score (nSPS) is 16.5. The first-order chi connectivity index (χ1) is 11.6. The second kappa shape index (κ2) is 7.04. The molecule has 1 heterocycles.